The maximum Gasteiger partial charge on any atom is 0.137 e. The Hall–Kier alpha value is -2.28. The van der Waals surface area contributed by atoms with Crippen LogP contribution in [-0.2, 0) is 20.1 Å². The number of rotatable bonds is 2. The summed E-state index contributed by atoms with van der Waals surface area (Å²) in [6.07, 6.45) is 0. The van der Waals surface area contributed by atoms with Crippen molar-refractivity contribution in [3.8, 4) is 17.1 Å². The summed E-state index contributed by atoms with van der Waals surface area (Å²) < 4.78 is 1.86. The normalized spacial score (nSPS) is 10.1. The minimum atomic E-state index is 0. The zero-order valence-corrected chi connectivity index (χ0v) is 16.4. The van der Waals surface area contributed by atoms with E-state index in [4.69, 9.17) is 6.57 Å². The van der Waals surface area contributed by atoms with E-state index >= 15 is 0 Å². The predicted molar refractivity (Wildman–Crippen MR) is 90.8 cm³/mol. The summed E-state index contributed by atoms with van der Waals surface area (Å²) in [7, 11) is 0. The van der Waals surface area contributed by atoms with Crippen LogP contribution in [0.1, 0.15) is 22.5 Å². The van der Waals surface area contributed by atoms with Gasteiger partial charge in [-0.1, -0.05) is 17.7 Å². The van der Waals surface area contributed by atoms with E-state index in [2.05, 4.69) is 53.9 Å². The first-order chi connectivity index (χ1) is 11.0. The number of aryl methyl sites for hydroxylation is 4. The summed E-state index contributed by atoms with van der Waals surface area (Å²) in [5.74, 6) is 1.41. The first kappa shape index (κ1) is 18.1. The Morgan fingerprint density at radius 2 is 1.75 bits per heavy atom. The van der Waals surface area contributed by atoms with E-state index in [-0.39, 0.29) is 20.1 Å². The summed E-state index contributed by atoms with van der Waals surface area (Å²) in [5, 5.41) is 4.57. The maximum atomic E-state index is 7.19. The Labute approximate surface area is 155 Å². The number of aromatic nitrogens is 3. The SMILES string of the molecule is [C-]#[N+]c1cc[c-]c(-c2nc(C)nn2-c2c(C)cc(C)cc2C)c1.[Ir]. The first-order valence-corrected chi connectivity index (χ1v) is 7.41. The van der Waals surface area contributed by atoms with E-state index in [1.807, 2.05) is 11.6 Å². The van der Waals surface area contributed by atoms with Crippen LogP contribution in [0.25, 0.3) is 21.9 Å². The topological polar surface area (TPSA) is 35.1 Å². The van der Waals surface area contributed by atoms with Crippen molar-refractivity contribution in [1.29, 1.82) is 0 Å². The molecule has 0 N–H and O–H groups in total. The fraction of sp³-hybridized carbons (Fsp3) is 0.211. The van der Waals surface area contributed by atoms with Gasteiger partial charge in [0.15, 0.2) is 0 Å². The van der Waals surface area contributed by atoms with Crippen LogP contribution < -0.4 is 0 Å². The molecule has 0 saturated heterocycles. The van der Waals surface area contributed by atoms with Gasteiger partial charge in [0.05, 0.1) is 18.1 Å². The average molecular weight is 494 g/mol. The number of hydrogen-bond donors (Lipinski definition) is 0. The van der Waals surface area contributed by atoms with E-state index in [0.29, 0.717) is 17.3 Å². The second-order valence-corrected chi connectivity index (χ2v) is 5.71. The van der Waals surface area contributed by atoms with E-state index < -0.39 is 0 Å². The molecule has 0 aliphatic heterocycles. The molecule has 24 heavy (non-hydrogen) atoms. The van der Waals surface area contributed by atoms with Gasteiger partial charge >= 0.3 is 0 Å². The number of benzene rings is 2. The quantitative estimate of drug-likeness (QED) is 0.493. The molecule has 1 aromatic heterocycles. The van der Waals surface area contributed by atoms with Gasteiger partial charge in [-0.15, -0.1) is 23.8 Å². The third-order valence-electron chi connectivity index (χ3n) is 3.72. The molecule has 4 nitrogen and oxygen atoms in total. The maximum absolute atomic E-state index is 7.19. The molecule has 0 saturated carbocycles. The first-order valence-electron chi connectivity index (χ1n) is 7.41. The molecule has 0 unspecified atom stereocenters. The van der Waals surface area contributed by atoms with Gasteiger partial charge in [-0.05, 0) is 38.8 Å². The van der Waals surface area contributed by atoms with Crippen LogP contribution >= 0.6 is 0 Å². The molecule has 3 rings (SSSR count). The smallest absolute Gasteiger partial charge is 0.137 e. The van der Waals surface area contributed by atoms with Crippen molar-refractivity contribution < 1.29 is 20.1 Å². The molecule has 0 fully saturated rings. The van der Waals surface area contributed by atoms with Gasteiger partial charge in [-0.2, -0.15) is 11.2 Å². The molecule has 1 radical (unpaired) electrons. The predicted octanol–water partition coefficient (Wildman–Crippen LogP) is 4.52. The molecule has 0 aliphatic carbocycles. The van der Waals surface area contributed by atoms with Crippen LogP contribution in [0.2, 0.25) is 0 Å². The van der Waals surface area contributed by atoms with E-state index in [1.54, 1.807) is 18.2 Å². The monoisotopic (exact) mass is 494 g/mol. The van der Waals surface area contributed by atoms with Crippen LogP contribution in [0.3, 0.4) is 0 Å². The molecule has 0 spiro atoms. The fourth-order valence-electron chi connectivity index (χ4n) is 2.90. The Morgan fingerprint density at radius 3 is 2.38 bits per heavy atom. The van der Waals surface area contributed by atoms with E-state index in [1.165, 1.54) is 5.56 Å². The van der Waals surface area contributed by atoms with Gasteiger partial charge in [0.25, 0.3) is 0 Å². The van der Waals surface area contributed by atoms with Gasteiger partial charge < -0.3 is 0 Å². The molecular formula is C19H17IrN4-. The molecule has 0 amide bonds. The fourth-order valence-corrected chi connectivity index (χ4v) is 2.90. The van der Waals surface area contributed by atoms with Crippen molar-refractivity contribution in [2.75, 3.05) is 0 Å². The van der Waals surface area contributed by atoms with Crippen molar-refractivity contribution in [1.82, 2.24) is 14.8 Å². The van der Waals surface area contributed by atoms with Crippen molar-refractivity contribution in [2.45, 2.75) is 27.7 Å². The van der Waals surface area contributed by atoms with Crippen LogP contribution in [0.5, 0.6) is 0 Å². The van der Waals surface area contributed by atoms with E-state index in [0.717, 1.165) is 22.4 Å². The van der Waals surface area contributed by atoms with Gasteiger partial charge in [0, 0.05) is 20.1 Å². The summed E-state index contributed by atoms with van der Waals surface area (Å²) >= 11 is 0. The van der Waals surface area contributed by atoms with Crippen LogP contribution in [0, 0.1) is 40.3 Å². The molecule has 0 bridgehead atoms. The Morgan fingerprint density at radius 1 is 1.08 bits per heavy atom. The minimum Gasteiger partial charge on any atom is -0.262 e. The molecule has 0 aliphatic rings. The summed E-state index contributed by atoms with van der Waals surface area (Å²) in [4.78, 5) is 8.04. The van der Waals surface area contributed by atoms with Crippen molar-refractivity contribution >= 4 is 5.69 Å². The van der Waals surface area contributed by atoms with Gasteiger partial charge in [0.2, 0.25) is 0 Å². The van der Waals surface area contributed by atoms with Crippen molar-refractivity contribution in [2.24, 2.45) is 0 Å². The molecular weight excluding hydrogens is 476 g/mol. The second-order valence-electron chi connectivity index (χ2n) is 5.71. The number of nitrogens with zero attached hydrogens (tertiary/aromatic N) is 4. The number of hydrogen-bond acceptors (Lipinski definition) is 2. The van der Waals surface area contributed by atoms with Crippen molar-refractivity contribution in [3.05, 3.63) is 70.3 Å². The third-order valence-corrected chi connectivity index (χ3v) is 3.72. The third kappa shape index (κ3) is 3.31. The van der Waals surface area contributed by atoms with Crippen LogP contribution in [0.4, 0.5) is 5.69 Å². The standard InChI is InChI=1S/C19H17N4.Ir/c1-12-9-13(2)18(14(3)10-12)23-19(21-15(4)22-23)16-7-6-8-17(11-16)20-5;/h6,8-11H,1-4H3;/q-1;. The van der Waals surface area contributed by atoms with Crippen molar-refractivity contribution in [3.63, 3.8) is 0 Å². The molecule has 123 valence electrons. The van der Waals surface area contributed by atoms with E-state index in [9.17, 15) is 0 Å². The van der Waals surface area contributed by atoms with Gasteiger partial charge in [-0.25, -0.2) is 0 Å². The Balaban J connectivity index is 0.00000208. The zero-order valence-electron chi connectivity index (χ0n) is 14.0. The zero-order chi connectivity index (χ0) is 16.6. The van der Waals surface area contributed by atoms with Crippen LogP contribution in [-0.4, -0.2) is 14.8 Å². The second kappa shape index (κ2) is 7.09. The minimum absolute atomic E-state index is 0. The average Bonchev–Trinajstić information content (AvgIpc) is 2.88. The Bertz CT molecular complexity index is 912. The van der Waals surface area contributed by atoms with Gasteiger partial charge in [-0.3, -0.25) is 14.5 Å². The molecule has 3 aromatic rings. The Kier molecular flexibility index (Phi) is 5.33. The summed E-state index contributed by atoms with van der Waals surface area (Å²) in [6.45, 7) is 15.3. The van der Waals surface area contributed by atoms with Gasteiger partial charge in [0.1, 0.15) is 11.5 Å². The molecule has 1 heterocycles. The molecule has 5 heteroatoms. The molecule has 2 aromatic carbocycles. The van der Waals surface area contributed by atoms with Crippen LogP contribution in [0.15, 0.2) is 30.3 Å². The molecule has 0 atom stereocenters. The summed E-state index contributed by atoms with van der Waals surface area (Å²) in [5.41, 5.74) is 5.91. The summed E-state index contributed by atoms with van der Waals surface area (Å²) in [6, 6.07) is 12.7. The largest absolute Gasteiger partial charge is 0.262 e.